The molecule has 182 valence electrons. The van der Waals surface area contributed by atoms with Gasteiger partial charge in [0.05, 0.1) is 16.8 Å². The van der Waals surface area contributed by atoms with Crippen LogP contribution in [-0.4, -0.2) is 77.3 Å². The summed E-state index contributed by atoms with van der Waals surface area (Å²) in [5.74, 6) is -0.374. The molecule has 0 bridgehead atoms. The van der Waals surface area contributed by atoms with E-state index in [9.17, 15) is 14.3 Å². The fourth-order valence-electron chi connectivity index (χ4n) is 4.15. The molecule has 1 fully saturated rings. The van der Waals surface area contributed by atoms with Gasteiger partial charge in [0, 0.05) is 32.2 Å². The number of nitrogens with one attached hydrogen (secondary N) is 1. The summed E-state index contributed by atoms with van der Waals surface area (Å²) in [7, 11) is 0. The average molecular weight is 487 g/mol. The first-order chi connectivity index (χ1) is 16.3. The van der Waals surface area contributed by atoms with Gasteiger partial charge in [0.15, 0.2) is 16.7 Å². The molecule has 34 heavy (non-hydrogen) atoms. The number of aliphatic hydroxyl groups excluding tert-OH is 1. The summed E-state index contributed by atoms with van der Waals surface area (Å²) < 4.78 is 20.2. The average Bonchev–Trinajstić information content (AvgIpc) is 3.16. The number of β-amino-alcohol motifs (C(OH)–C–C–N with tert-alkyl or cyclic N) is 1. The largest absolute Gasteiger partial charge is 0.488 e. The Kier molecular flexibility index (Phi) is 7.77. The number of fused-ring (bicyclic) bond motifs is 1. The molecule has 2 heterocycles. The number of nitrogens with zero attached hydrogens (tertiary/aromatic N) is 3. The topological polar surface area (TPSA) is 77.9 Å². The molecule has 1 aliphatic rings. The van der Waals surface area contributed by atoms with E-state index >= 15 is 0 Å². The molecule has 7 nitrogen and oxygen atoms in total. The van der Waals surface area contributed by atoms with Gasteiger partial charge < -0.3 is 15.2 Å². The van der Waals surface area contributed by atoms with E-state index < -0.39 is 11.9 Å². The van der Waals surface area contributed by atoms with Crippen molar-refractivity contribution in [3.63, 3.8) is 0 Å². The molecule has 2 unspecified atom stereocenters. The number of benzene rings is 2. The van der Waals surface area contributed by atoms with Crippen LogP contribution in [0.1, 0.15) is 18.1 Å². The number of aryl methyl sites for hydroxylation is 2. The molecule has 1 amide bonds. The number of thiazole rings is 1. The molecule has 2 aromatic carbocycles. The zero-order valence-electron chi connectivity index (χ0n) is 19.8. The maximum Gasteiger partial charge on any atom is 0.240 e. The number of amides is 1. The predicted molar refractivity (Wildman–Crippen MR) is 133 cm³/mol. The Morgan fingerprint density at radius 1 is 1.29 bits per heavy atom. The number of hydrogen-bond donors (Lipinski definition) is 2. The molecule has 1 saturated heterocycles. The zero-order chi connectivity index (χ0) is 24.2. The Morgan fingerprint density at radius 3 is 2.82 bits per heavy atom. The summed E-state index contributed by atoms with van der Waals surface area (Å²) >= 11 is 1.49. The van der Waals surface area contributed by atoms with Gasteiger partial charge in [-0.15, -0.1) is 0 Å². The molecule has 2 N–H and O–H groups in total. The van der Waals surface area contributed by atoms with Crippen LogP contribution in [0.5, 0.6) is 5.75 Å². The van der Waals surface area contributed by atoms with Crippen LogP contribution in [0, 0.1) is 19.7 Å². The van der Waals surface area contributed by atoms with Crippen LogP contribution in [0.3, 0.4) is 0 Å². The Labute approximate surface area is 203 Å². The number of carbonyl (C=O) groups excluding carboxylic acids is 1. The molecule has 1 aromatic heterocycles. The number of aromatic nitrogens is 1. The third kappa shape index (κ3) is 6.09. The highest BCUT2D eigenvalue weighted by atomic mass is 32.1. The van der Waals surface area contributed by atoms with Crippen LogP contribution in [0.4, 0.5) is 9.52 Å². The lowest BCUT2D eigenvalue weighted by atomic mass is 10.1. The van der Waals surface area contributed by atoms with E-state index in [1.807, 2.05) is 6.07 Å². The van der Waals surface area contributed by atoms with E-state index in [0.717, 1.165) is 23.3 Å². The van der Waals surface area contributed by atoms with Crippen molar-refractivity contribution in [3.8, 4) is 5.75 Å². The molecule has 0 spiro atoms. The van der Waals surface area contributed by atoms with Crippen LogP contribution < -0.4 is 10.1 Å². The van der Waals surface area contributed by atoms with Crippen LogP contribution in [0.2, 0.25) is 0 Å². The third-order valence-corrected chi connectivity index (χ3v) is 7.11. The maximum atomic E-state index is 13.7. The Hall–Kier alpha value is -2.59. The van der Waals surface area contributed by atoms with Crippen molar-refractivity contribution in [3.05, 3.63) is 53.3 Å². The van der Waals surface area contributed by atoms with Gasteiger partial charge in [0.25, 0.3) is 0 Å². The number of anilines is 1. The van der Waals surface area contributed by atoms with Crippen molar-refractivity contribution in [2.75, 3.05) is 44.6 Å². The minimum atomic E-state index is -0.733. The number of piperazine rings is 1. The zero-order valence-corrected chi connectivity index (χ0v) is 20.6. The Balaban J connectivity index is 1.23. The SMILES string of the molecule is Cc1cc2nc(NC(=O)CN3CCN(CC(O)COc4ccccc4F)C(C)C3)sc2cc1C. The molecule has 3 aromatic rings. The molecule has 1 aliphatic heterocycles. The van der Waals surface area contributed by atoms with Crippen molar-refractivity contribution in [2.45, 2.75) is 32.9 Å². The van der Waals surface area contributed by atoms with Crippen LogP contribution in [-0.2, 0) is 4.79 Å². The number of ether oxygens (including phenoxy) is 1. The summed E-state index contributed by atoms with van der Waals surface area (Å²) in [6, 6.07) is 10.5. The highest BCUT2D eigenvalue weighted by molar-refractivity contribution is 7.22. The molecule has 9 heteroatoms. The van der Waals surface area contributed by atoms with Crippen molar-refractivity contribution >= 4 is 32.6 Å². The lowest BCUT2D eigenvalue weighted by Gasteiger charge is -2.40. The molecular weight excluding hydrogens is 455 g/mol. The summed E-state index contributed by atoms with van der Waals surface area (Å²) in [5, 5.41) is 13.9. The van der Waals surface area contributed by atoms with Crippen molar-refractivity contribution in [1.29, 1.82) is 0 Å². The quantitative estimate of drug-likeness (QED) is 0.508. The molecule has 2 atom stereocenters. The van der Waals surface area contributed by atoms with Crippen LogP contribution >= 0.6 is 11.3 Å². The lowest BCUT2D eigenvalue weighted by molar-refractivity contribution is -0.118. The summed E-state index contributed by atoms with van der Waals surface area (Å²) in [6.45, 7) is 9.12. The first kappa shape index (κ1) is 24.5. The van der Waals surface area contributed by atoms with Gasteiger partial charge in [-0.05, 0) is 56.2 Å². The maximum absolute atomic E-state index is 13.7. The second kappa shape index (κ2) is 10.8. The molecule has 0 aliphatic carbocycles. The number of carbonyl (C=O) groups is 1. The van der Waals surface area contributed by atoms with E-state index in [-0.39, 0.29) is 24.3 Å². The van der Waals surface area contributed by atoms with E-state index in [4.69, 9.17) is 4.74 Å². The van der Waals surface area contributed by atoms with Crippen LogP contribution in [0.15, 0.2) is 36.4 Å². The van der Waals surface area contributed by atoms with Crippen molar-refractivity contribution < 1.29 is 19.0 Å². The van der Waals surface area contributed by atoms with Gasteiger partial charge in [0.2, 0.25) is 5.91 Å². The van der Waals surface area contributed by atoms with Gasteiger partial charge in [-0.25, -0.2) is 9.37 Å². The lowest BCUT2D eigenvalue weighted by Crippen LogP contribution is -2.55. The van der Waals surface area contributed by atoms with Gasteiger partial charge in [-0.2, -0.15) is 0 Å². The number of rotatable bonds is 8. The molecule has 0 radical (unpaired) electrons. The second-order valence-corrected chi connectivity index (χ2v) is 9.98. The van der Waals surface area contributed by atoms with Crippen molar-refractivity contribution in [2.24, 2.45) is 0 Å². The predicted octanol–water partition coefficient (Wildman–Crippen LogP) is 3.44. The first-order valence-corrected chi connectivity index (χ1v) is 12.3. The fourth-order valence-corrected chi connectivity index (χ4v) is 5.11. The Bertz CT molecular complexity index is 1120. The number of aliphatic hydroxyl groups is 1. The van der Waals surface area contributed by atoms with Crippen LogP contribution in [0.25, 0.3) is 10.2 Å². The van der Waals surface area contributed by atoms with Gasteiger partial charge >= 0.3 is 0 Å². The highest BCUT2D eigenvalue weighted by Gasteiger charge is 2.27. The van der Waals surface area contributed by atoms with E-state index in [1.54, 1.807) is 18.2 Å². The van der Waals surface area contributed by atoms with E-state index in [2.05, 4.69) is 46.9 Å². The van der Waals surface area contributed by atoms with Gasteiger partial charge in [-0.3, -0.25) is 14.6 Å². The number of hydrogen-bond acceptors (Lipinski definition) is 7. The first-order valence-electron chi connectivity index (χ1n) is 11.5. The fraction of sp³-hybridized carbons (Fsp3) is 0.440. The smallest absolute Gasteiger partial charge is 0.240 e. The van der Waals surface area contributed by atoms with Crippen molar-refractivity contribution in [1.82, 2.24) is 14.8 Å². The third-order valence-electron chi connectivity index (χ3n) is 6.18. The standard InChI is InChI=1S/C25H31FN4O3S/c1-16-10-21-23(11-17(16)2)34-25(27-21)28-24(32)14-29-8-9-30(18(3)12-29)13-19(31)15-33-22-7-5-4-6-20(22)26/h4-7,10-11,18-19,31H,8-9,12-15H2,1-3H3,(H,27,28,32). The minimum Gasteiger partial charge on any atom is -0.488 e. The minimum absolute atomic E-state index is 0.0253. The summed E-state index contributed by atoms with van der Waals surface area (Å²) in [5.41, 5.74) is 3.31. The Morgan fingerprint density at radius 2 is 2.06 bits per heavy atom. The highest BCUT2D eigenvalue weighted by Crippen LogP contribution is 2.28. The van der Waals surface area contributed by atoms with E-state index in [0.29, 0.717) is 24.8 Å². The number of halogens is 1. The van der Waals surface area contributed by atoms with Gasteiger partial charge in [-0.1, -0.05) is 23.5 Å². The number of para-hydroxylation sites is 1. The molecule has 0 saturated carbocycles. The molecular formula is C25H31FN4O3S. The molecule has 4 rings (SSSR count). The summed E-state index contributed by atoms with van der Waals surface area (Å²) in [4.78, 5) is 21.4. The monoisotopic (exact) mass is 486 g/mol. The normalized spacial score (nSPS) is 18.2. The second-order valence-electron chi connectivity index (χ2n) is 8.95. The summed E-state index contributed by atoms with van der Waals surface area (Å²) in [6.07, 6.45) is -0.733. The van der Waals surface area contributed by atoms with E-state index in [1.165, 1.54) is 28.5 Å². The van der Waals surface area contributed by atoms with Gasteiger partial charge in [0.1, 0.15) is 12.7 Å².